The van der Waals surface area contributed by atoms with Crippen molar-refractivity contribution in [1.82, 2.24) is 24.6 Å². The molecule has 180 valence electrons. The minimum Gasteiger partial charge on any atom is -0.323 e. The SMILES string of the molecule is Cc1ccccc1CN1CCCN(CC(=O)Nc2cc(C(F)(F)F)ccc2-n2cncn2)CC1. The fraction of sp³-hybridized carbons (Fsp3) is 0.375. The van der Waals surface area contributed by atoms with Crippen LogP contribution in [0.1, 0.15) is 23.1 Å². The topological polar surface area (TPSA) is 66.3 Å². The maximum Gasteiger partial charge on any atom is 0.416 e. The summed E-state index contributed by atoms with van der Waals surface area (Å²) in [5, 5.41) is 6.63. The largest absolute Gasteiger partial charge is 0.416 e. The fourth-order valence-corrected chi connectivity index (χ4v) is 4.11. The second-order valence-electron chi connectivity index (χ2n) is 8.45. The Morgan fingerprint density at radius 2 is 1.82 bits per heavy atom. The fourth-order valence-electron chi connectivity index (χ4n) is 4.11. The highest BCUT2D eigenvalue weighted by Gasteiger charge is 2.31. The van der Waals surface area contributed by atoms with Gasteiger partial charge in [-0.3, -0.25) is 14.6 Å². The Balaban J connectivity index is 1.40. The lowest BCUT2D eigenvalue weighted by Gasteiger charge is -2.22. The van der Waals surface area contributed by atoms with Crippen molar-refractivity contribution in [3.63, 3.8) is 0 Å². The van der Waals surface area contributed by atoms with Crippen LogP contribution in [0.15, 0.2) is 55.1 Å². The quantitative estimate of drug-likeness (QED) is 0.592. The van der Waals surface area contributed by atoms with Crippen molar-refractivity contribution >= 4 is 11.6 Å². The molecule has 0 radical (unpaired) electrons. The van der Waals surface area contributed by atoms with Crippen molar-refractivity contribution < 1.29 is 18.0 Å². The summed E-state index contributed by atoms with van der Waals surface area (Å²) in [6.45, 7) is 6.26. The second kappa shape index (κ2) is 10.4. The lowest BCUT2D eigenvalue weighted by atomic mass is 10.1. The van der Waals surface area contributed by atoms with Crippen molar-refractivity contribution in [2.75, 3.05) is 38.0 Å². The van der Waals surface area contributed by atoms with Gasteiger partial charge in [-0.25, -0.2) is 9.67 Å². The van der Waals surface area contributed by atoms with Crippen molar-refractivity contribution in [1.29, 1.82) is 0 Å². The number of amides is 1. The Labute approximate surface area is 196 Å². The lowest BCUT2D eigenvalue weighted by molar-refractivity contribution is -0.137. The van der Waals surface area contributed by atoms with Crippen LogP contribution in [0.5, 0.6) is 0 Å². The Hall–Kier alpha value is -3.24. The molecule has 0 aliphatic carbocycles. The van der Waals surface area contributed by atoms with Crippen LogP contribution in [-0.4, -0.2) is 63.2 Å². The molecule has 0 saturated carbocycles. The van der Waals surface area contributed by atoms with E-state index in [4.69, 9.17) is 0 Å². The molecule has 1 amide bonds. The van der Waals surface area contributed by atoms with E-state index in [0.29, 0.717) is 12.2 Å². The molecular weight excluding hydrogens is 445 g/mol. The molecule has 1 aromatic heterocycles. The number of aryl methyl sites for hydroxylation is 1. The Bertz CT molecular complexity index is 1120. The van der Waals surface area contributed by atoms with Gasteiger partial charge >= 0.3 is 6.18 Å². The monoisotopic (exact) mass is 472 g/mol. The number of rotatable bonds is 6. The van der Waals surface area contributed by atoms with Crippen molar-refractivity contribution in [3.8, 4) is 5.69 Å². The zero-order valence-electron chi connectivity index (χ0n) is 18.9. The summed E-state index contributed by atoms with van der Waals surface area (Å²) >= 11 is 0. The average Bonchev–Trinajstić information content (AvgIpc) is 3.23. The van der Waals surface area contributed by atoms with E-state index in [1.807, 2.05) is 17.0 Å². The highest BCUT2D eigenvalue weighted by Crippen LogP contribution is 2.33. The minimum absolute atomic E-state index is 0.0429. The number of benzene rings is 2. The van der Waals surface area contributed by atoms with Gasteiger partial charge in [-0.15, -0.1) is 0 Å². The number of hydrogen-bond donors (Lipinski definition) is 1. The van der Waals surface area contributed by atoms with Crippen molar-refractivity contribution in [2.45, 2.75) is 26.1 Å². The van der Waals surface area contributed by atoms with Gasteiger partial charge < -0.3 is 5.32 Å². The van der Waals surface area contributed by atoms with Gasteiger partial charge in [0.1, 0.15) is 12.7 Å². The molecule has 10 heteroatoms. The first-order valence-corrected chi connectivity index (χ1v) is 11.1. The van der Waals surface area contributed by atoms with Crippen LogP contribution in [-0.2, 0) is 17.5 Å². The standard InChI is InChI=1S/C24H27F3N6O/c1-18-5-2-3-6-19(18)14-31-9-4-10-32(12-11-31)15-23(34)30-21-13-20(24(25,26)27)7-8-22(21)33-17-28-16-29-33/h2-3,5-8,13,16-17H,4,9-12,14-15H2,1H3,(H,30,34). The van der Waals surface area contributed by atoms with E-state index in [0.717, 1.165) is 44.7 Å². The molecule has 4 rings (SSSR count). The number of hydrogen-bond acceptors (Lipinski definition) is 5. The first-order valence-electron chi connectivity index (χ1n) is 11.1. The number of halogens is 3. The number of alkyl halides is 3. The molecule has 3 aromatic rings. The second-order valence-corrected chi connectivity index (χ2v) is 8.45. The van der Waals surface area contributed by atoms with Gasteiger partial charge in [-0.05, 0) is 55.8 Å². The Morgan fingerprint density at radius 3 is 2.56 bits per heavy atom. The van der Waals surface area contributed by atoms with Crippen LogP contribution in [0.3, 0.4) is 0 Å². The summed E-state index contributed by atoms with van der Waals surface area (Å²) in [5.74, 6) is -0.368. The predicted molar refractivity (Wildman–Crippen MR) is 123 cm³/mol. The molecule has 1 aliphatic heterocycles. The van der Waals surface area contributed by atoms with Gasteiger partial charge in [0.25, 0.3) is 0 Å². The van der Waals surface area contributed by atoms with E-state index in [1.54, 1.807) is 0 Å². The molecule has 1 aliphatic rings. The van der Waals surface area contributed by atoms with Gasteiger partial charge in [0.15, 0.2) is 0 Å². The molecule has 0 unspecified atom stereocenters. The van der Waals surface area contributed by atoms with Crippen molar-refractivity contribution in [3.05, 3.63) is 71.8 Å². The third-order valence-corrected chi connectivity index (χ3v) is 5.97. The molecule has 1 fully saturated rings. The number of nitrogens with zero attached hydrogens (tertiary/aromatic N) is 5. The smallest absolute Gasteiger partial charge is 0.323 e. The van der Waals surface area contributed by atoms with Gasteiger partial charge in [0.2, 0.25) is 5.91 Å². The van der Waals surface area contributed by atoms with Crippen LogP contribution >= 0.6 is 0 Å². The summed E-state index contributed by atoms with van der Waals surface area (Å²) < 4.78 is 41.1. The molecule has 34 heavy (non-hydrogen) atoms. The van der Waals surface area contributed by atoms with E-state index < -0.39 is 11.7 Å². The molecular formula is C24H27F3N6O. The molecule has 1 N–H and O–H groups in total. The highest BCUT2D eigenvalue weighted by molar-refractivity contribution is 5.94. The third-order valence-electron chi connectivity index (χ3n) is 5.97. The van der Waals surface area contributed by atoms with Gasteiger partial charge in [-0.1, -0.05) is 24.3 Å². The number of carbonyl (C=O) groups is 1. The number of nitrogens with one attached hydrogen (secondary N) is 1. The van der Waals surface area contributed by atoms with Crippen molar-refractivity contribution in [2.24, 2.45) is 0 Å². The number of aromatic nitrogens is 3. The van der Waals surface area contributed by atoms with E-state index in [1.165, 1.54) is 34.5 Å². The molecule has 2 aromatic carbocycles. The summed E-state index contributed by atoms with van der Waals surface area (Å²) in [7, 11) is 0. The normalized spacial score (nSPS) is 15.8. The zero-order chi connectivity index (χ0) is 24.1. The van der Waals surface area contributed by atoms with Crippen LogP contribution in [0, 0.1) is 6.92 Å². The Kier molecular flexibility index (Phi) is 7.28. The summed E-state index contributed by atoms with van der Waals surface area (Å²) in [6, 6.07) is 11.5. The number of anilines is 1. The maximum absolute atomic E-state index is 13.3. The van der Waals surface area contributed by atoms with Crippen LogP contribution < -0.4 is 5.32 Å². The Morgan fingerprint density at radius 1 is 1.06 bits per heavy atom. The average molecular weight is 473 g/mol. The molecule has 2 heterocycles. The third kappa shape index (κ3) is 6.00. The van der Waals surface area contributed by atoms with E-state index in [2.05, 4.69) is 39.4 Å². The predicted octanol–water partition coefficient (Wildman–Crippen LogP) is 3.74. The summed E-state index contributed by atoms with van der Waals surface area (Å²) in [5.41, 5.74) is 2.07. The zero-order valence-corrected chi connectivity index (χ0v) is 18.9. The summed E-state index contributed by atoms with van der Waals surface area (Å²) in [4.78, 5) is 21.0. The molecule has 1 saturated heterocycles. The minimum atomic E-state index is -4.52. The number of carbonyl (C=O) groups excluding carboxylic acids is 1. The highest BCUT2D eigenvalue weighted by atomic mass is 19.4. The molecule has 7 nitrogen and oxygen atoms in total. The molecule has 0 atom stereocenters. The lowest BCUT2D eigenvalue weighted by Crippen LogP contribution is -2.36. The first-order chi connectivity index (χ1) is 16.3. The molecule has 0 spiro atoms. The van der Waals surface area contributed by atoms with Gasteiger partial charge in [0, 0.05) is 19.6 Å². The van der Waals surface area contributed by atoms with Crippen LogP contribution in [0.2, 0.25) is 0 Å². The van der Waals surface area contributed by atoms with Gasteiger partial charge in [-0.2, -0.15) is 18.3 Å². The van der Waals surface area contributed by atoms with E-state index in [-0.39, 0.29) is 18.1 Å². The van der Waals surface area contributed by atoms with E-state index in [9.17, 15) is 18.0 Å². The summed E-state index contributed by atoms with van der Waals surface area (Å²) in [6.07, 6.45) is -0.960. The van der Waals surface area contributed by atoms with Crippen LogP contribution in [0.4, 0.5) is 18.9 Å². The van der Waals surface area contributed by atoms with Gasteiger partial charge in [0.05, 0.1) is 23.5 Å². The van der Waals surface area contributed by atoms with E-state index >= 15 is 0 Å². The molecule has 0 bridgehead atoms. The van der Waals surface area contributed by atoms with Crippen LogP contribution in [0.25, 0.3) is 5.69 Å². The maximum atomic E-state index is 13.3. The first kappa shape index (κ1) is 23.9.